The zero-order chi connectivity index (χ0) is 41.9. The summed E-state index contributed by atoms with van der Waals surface area (Å²) in [6.07, 6.45) is 2.90. The molecule has 21 heteroatoms. The van der Waals surface area contributed by atoms with Crippen LogP contribution in [-0.2, 0) is 44.9 Å². The van der Waals surface area contributed by atoms with Gasteiger partial charge in [-0.05, 0) is 30.5 Å². The van der Waals surface area contributed by atoms with Gasteiger partial charge < -0.3 is 31.1 Å². The second-order valence-corrected chi connectivity index (χ2v) is 13.9. The summed E-state index contributed by atoms with van der Waals surface area (Å²) >= 11 is 0. The first-order valence-corrected chi connectivity index (χ1v) is 18.6. The van der Waals surface area contributed by atoms with Gasteiger partial charge in [-0.3, -0.25) is 67.7 Å². The third-order valence-electron chi connectivity index (χ3n) is 9.41. The first-order chi connectivity index (χ1) is 27.1. The molecule has 1 fully saturated rings. The molecule has 6 N–H and O–H groups in total. The summed E-state index contributed by atoms with van der Waals surface area (Å²) in [6.45, 7) is 0.823. The normalized spacial score (nSPS) is 16.7. The van der Waals surface area contributed by atoms with E-state index in [0.717, 1.165) is 4.90 Å². The number of Topliss-reactive ketones (excluding diaryl/α,β-unsaturated/α-hetero) is 1. The van der Waals surface area contributed by atoms with Crippen LogP contribution in [0.25, 0.3) is 0 Å². The van der Waals surface area contributed by atoms with Crippen molar-refractivity contribution in [2.75, 3.05) is 91.6 Å². The number of amides is 4. The second-order valence-electron chi connectivity index (χ2n) is 13.9. The molecule has 320 valence electrons. The van der Waals surface area contributed by atoms with Crippen LogP contribution in [0.15, 0.2) is 36.4 Å². The zero-order valence-electron chi connectivity index (χ0n) is 32.0. The van der Waals surface area contributed by atoms with Gasteiger partial charge in [-0.1, -0.05) is 18.6 Å². The number of unbranched alkanes of at least 4 members (excludes halogenated alkanes) is 1. The van der Waals surface area contributed by atoms with E-state index in [0.29, 0.717) is 18.4 Å². The fourth-order valence-electron chi connectivity index (χ4n) is 6.32. The number of nitrogens with one attached hydrogen (secondary N) is 2. The SMILES string of the molecule is O=C(O)CN1CCN(CC(=O)O)CCN(CC(=O)NCc2cccc(C(=O)NCC(=O)C[C@@H](CCCCN3C(=O)C=CC3=O)C(=O)O)c2)CCN(CC(=O)O)CC1.[Gd]. The molecule has 0 radical (unpaired) electrons. The molecule has 20 nitrogen and oxygen atoms in total. The van der Waals surface area contributed by atoms with Gasteiger partial charge in [0.15, 0.2) is 5.78 Å². The van der Waals surface area contributed by atoms with E-state index in [2.05, 4.69) is 10.6 Å². The molecule has 0 unspecified atom stereocenters. The number of carboxylic acid groups (broad SMARTS) is 4. The van der Waals surface area contributed by atoms with E-state index >= 15 is 0 Å². The van der Waals surface area contributed by atoms with Crippen LogP contribution >= 0.6 is 0 Å². The number of hydrogen-bond donors (Lipinski definition) is 6. The summed E-state index contributed by atoms with van der Waals surface area (Å²) in [7, 11) is 0. The van der Waals surface area contributed by atoms with Crippen molar-refractivity contribution in [2.45, 2.75) is 32.2 Å². The van der Waals surface area contributed by atoms with Crippen LogP contribution in [-0.4, -0.2) is 190 Å². The van der Waals surface area contributed by atoms with E-state index in [4.69, 9.17) is 0 Å². The molecule has 0 bridgehead atoms. The number of carboxylic acids is 4. The smallest absolute Gasteiger partial charge is 0.317 e. The molecule has 2 heterocycles. The largest absolute Gasteiger partial charge is 0.481 e. The maximum Gasteiger partial charge on any atom is 0.317 e. The van der Waals surface area contributed by atoms with Crippen LogP contribution in [0.5, 0.6) is 0 Å². The van der Waals surface area contributed by atoms with Crippen molar-refractivity contribution in [3.05, 3.63) is 47.5 Å². The number of hydrogen-bond acceptors (Lipinski definition) is 13. The van der Waals surface area contributed by atoms with Gasteiger partial charge in [0.05, 0.1) is 38.6 Å². The summed E-state index contributed by atoms with van der Waals surface area (Å²) in [6, 6.07) is 6.33. The molecule has 2 aliphatic heterocycles. The molecule has 1 aromatic rings. The number of nitrogens with zero attached hydrogens (tertiary/aromatic N) is 5. The van der Waals surface area contributed by atoms with Crippen LogP contribution in [0, 0.1) is 45.9 Å². The van der Waals surface area contributed by atoms with Gasteiger partial charge in [-0.25, -0.2) is 0 Å². The Morgan fingerprint density at radius 3 is 1.60 bits per heavy atom. The third kappa shape index (κ3) is 19.0. The van der Waals surface area contributed by atoms with E-state index in [9.17, 15) is 63.6 Å². The van der Waals surface area contributed by atoms with Gasteiger partial charge in [-0.2, -0.15) is 0 Å². The standard InChI is InChI=1S/C37H51N7O13.Gd/c45-29(19-28(37(56)57)5-1-2-9-44-31(47)7-8-32(44)48)21-39-36(55)27-6-3-4-26(18-27)20-38-30(46)22-40-10-12-41(23-33(49)50)14-16-43(25-35(53)54)17-15-42(13-11-40)24-34(51)52;/h3-4,6-8,18,28H,1-2,5,9-17,19-25H2,(H,38,46)(H,39,55)(H,49,50)(H,51,52)(H,53,54)(H,56,57);/t28-;/m1./s1. The topological polar surface area (TPSA) is 275 Å². The number of ketones is 1. The van der Waals surface area contributed by atoms with Crippen LogP contribution in [0.2, 0.25) is 0 Å². The average Bonchev–Trinajstić information content (AvgIpc) is 3.47. The second kappa shape index (κ2) is 26.0. The molecule has 0 saturated carbocycles. The predicted molar refractivity (Wildman–Crippen MR) is 200 cm³/mol. The maximum absolute atomic E-state index is 13.1. The van der Waals surface area contributed by atoms with Crippen molar-refractivity contribution in [2.24, 2.45) is 5.92 Å². The van der Waals surface area contributed by atoms with Crippen molar-refractivity contribution in [1.29, 1.82) is 0 Å². The first-order valence-electron chi connectivity index (χ1n) is 18.6. The minimum atomic E-state index is -1.17. The summed E-state index contributed by atoms with van der Waals surface area (Å²) < 4.78 is 0. The molecular weight excluding hydrogens is 908 g/mol. The molecule has 1 saturated heterocycles. The molecule has 0 aromatic heterocycles. The van der Waals surface area contributed by atoms with Crippen LogP contribution in [0.1, 0.15) is 41.6 Å². The van der Waals surface area contributed by atoms with Crippen molar-refractivity contribution >= 4 is 53.3 Å². The molecule has 0 spiro atoms. The number of rotatable bonds is 21. The Balaban J connectivity index is 0.0000116. The first kappa shape index (κ1) is 49.9. The van der Waals surface area contributed by atoms with Crippen molar-refractivity contribution in [1.82, 2.24) is 35.1 Å². The number of benzene rings is 1. The third-order valence-corrected chi connectivity index (χ3v) is 9.41. The zero-order valence-corrected chi connectivity index (χ0v) is 34.3. The number of imide groups is 1. The molecule has 58 heavy (non-hydrogen) atoms. The Hall–Kier alpha value is -4.25. The van der Waals surface area contributed by atoms with E-state index in [-0.39, 0.29) is 156 Å². The van der Waals surface area contributed by atoms with Gasteiger partial charge in [0.1, 0.15) is 0 Å². The van der Waals surface area contributed by atoms with E-state index in [1.807, 2.05) is 0 Å². The minimum Gasteiger partial charge on any atom is -0.481 e. The molecule has 0 aliphatic carbocycles. The maximum atomic E-state index is 13.1. The minimum absolute atomic E-state index is 0. The van der Waals surface area contributed by atoms with Crippen molar-refractivity contribution < 1.29 is 104 Å². The Morgan fingerprint density at radius 2 is 1.14 bits per heavy atom. The molecule has 2 aliphatic rings. The molecule has 1 aromatic carbocycles. The van der Waals surface area contributed by atoms with Gasteiger partial charge in [0, 0.05) is 130 Å². The molecular formula is C37H51GdN7O13. The summed E-state index contributed by atoms with van der Waals surface area (Å²) in [5.41, 5.74) is 0.771. The predicted octanol–water partition coefficient (Wildman–Crippen LogP) is -1.74. The Bertz CT molecular complexity index is 1630. The quantitative estimate of drug-likeness (QED) is 0.0590. The molecule has 3 rings (SSSR count). The molecule has 1 atom stereocenters. The van der Waals surface area contributed by atoms with E-state index in [1.54, 1.807) is 31.7 Å². The van der Waals surface area contributed by atoms with Gasteiger partial charge >= 0.3 is 23.9 Å². The van der Waals surface area contributed by atoms with Crippen LogP contribution in [0.3, 0.4) is 0 Å². The van der Waals surface area contributed by atoms with Crippen molar-refractivity contribution in [3.63, 3.8) is 0 Å². The molecule has 4 amide bonds. The Kier molecular flexibility index (Phi) is 22.3. The van der Waals surface area contributed by atoms with E-state index < -0.39 is 59.8 Å². The summed E-state index contributed by atoms with van der Waals surface area (Å²) in [5.74, 6) is -7.67. The van der Waals surface area contributed by atoms with Crippen LogP contribution in [0.4, 0.5) is 0 Å². The monoisotopic (exact) mass is 959 g/mol. The number of aliphatic carboxylic acids is 4. The fraction of sp³-hybridized carbons (Fsp3) is 0.541. The van der Waals surface area contributed by atoms with Gasteiger partial charge in [0.25, 0.3) is 17.7 Å². The fourth-order valence-corrected chi connectivity index (χ4v) is 6.32. The van der Waals surface area contributed by atoms with Gasteiger partial charge in [-0.15, -0.1) is 0 Å². The van der Waals surface area contributed by atoms with Crippen LogP contribution < -0.4 is 10.6 Å². The van der Waals surface area contributed by atoms with E-state index in [1.165, 1.54) is 24.3 Å². The summed E-state index contributed by atoms with van der Waals surface area (Å²) in [5, 5.41) is 43.1. The number of carbonyl (C=O) groups is 9. The van der Waals surface area contributed by atoms with Crippen molar-refractivity contribution in [3.8, 4) is 0 Å². The number of carbonyl (C=O) groups excluding carboxylic acids is 5. The summed E-state index contributed by atoms with van der Waals surface area (Å²) in [4.78, 5) is 116. The van der Waals surface area contributed by atoms with Gasteiger partial charge in [0.2, 0.25) is 5.91 Å². The Labute approximate surface area is 367 Å². The average molecular weight is 959 g/mol. The Morgan fingerprint density at radius 1 is 0.655 bits per heavy atom.